The summed E-state index contributed by atoms with van der Waals surface area (Å²) in [7, 11) is 0. The van der Waals surface area contributed by atoms with Gasteiger partial charge in [0.05, 0.1) is 16.9 Å². The fourth-order valence-corrected chi connectivity index (χ4v) is 1.72. The molecule has 0 amide bonds. The molecule has 17 heavy (non-hydrogen) atoms. The Morgan fingerprint density at radius 3 is 2.41 bits per heavy atom. The lowest BCUT2D eigenvalue weighted by atomic mass is 9.92. The lowest BCUT2D eigenvalue weighted by Crippen LogP contribution is -2.12. The summed E-state index contributed by atoms with van der Waals surface area (Å²) in [4.78, 5) is 20.8. The van der Waals surface area contributed by atoms with Gasteiger partial charge in [0, 0.05) is 11.1 Å². The standard InChI is InChI=1S/C11H12FNO4/c1-5-6(2)10(7(3)11(14)15)8(12)4-9(5)13(16)17/h4,7H,1-3H3,(H,14,15). The zero-order valence-electron chi connectivity index (χ0n) is 9.65. The number of nitrogens with zero attached hydrogens (tertiary/aromatic N) is 1. The Morgan fingerprint density at radius 1 is 1.47 bits per heavy atom. The number of benzene rings is 1. The van der Waals surface area contributed by atoms with Crippen LogP contribution in [-0.2, 0) is 4.79 Å². The van der Waals surface area contributed by atoms with Crippen molar-refractivity contribution in [3.8, 4) is 0 Å². The minimum Gasteiger partial charge on any atom is -0.481 e. The monoisotopic (exact) mass is 241 g/mol. The van der Waals surface area contributed by atoms with Crippen molar-refractivity contribution >= 4 is 11.7 Å². The number of carboxylic acid groups (broad SMARTS) is 1. The predicted octanol–water partition coefficient (Wildman–Crippen LogP) is 2.54. The van der Waals surface area contributed by atoms with Crippen molar-refractivity contribution in [3.05, 3.63) is 38.7 Å². The van der Waals surface area contributed by atoms with Crippen molar-refractivity contribution in [1.29, 1.82) is 0 Å². The van der Waals surface area contributed by atoms with Gasteiger partial charge in [-0.15, -0.1) is 0 Å². The van der Waals surface area contributed by atoms with Crippen LogP contribution in [0.4, 0.5) is 10.1 Å². The summed E-state index contributed by atoms with van der Waals surface area (Å²) >= 11 is 0. The van der Waals surface area contributed by atoms with E-state index in [-0.39, 0.29) is 11.3 Å². The van der Waals surface area contributed by atoms with Crippen LogP contribution in [0, 0.1) is 29.8 Å². The highest BCUT2D eigenvalue weighted by Gasteiger charge is 2.25. The maximum absolute atomic E-state index is 13.7. The van der Waals surface area contributed by atoms with Crippen molar-refractivity contribution in [2.75, 3.05) is 0 Å². The number of aliphatic carboxylic acids is 1. The Balaban J connectivity index is 3.51. The van der Waals surface area contributed by atoms with Crippen LogP contribution in [0.15, 0.2) is 6.07 Å². The third-order valence-electron chi connectivity index (χ3n) is 2.87. The molecule has 6 heteroatoms. The van der Waals surface area contributed by atoms with Crippen LogP contribution >= 0.6 is 0 Å². The molecule has 0 aliphatic carbocycles. The van der Waals surface area contributed by atoms with E-state index >= 15 is 0 Å². The Hall–Kier alpha value is -1.98. The zero-order chi connectivity index (χ0) is 13.3. The van der Waals surface area contributed by atoms with Crippen LogP contribution in [0.1, 0.15) is 29.5 Å². The first kappa shape index (κ1) is 13.1. The average Bonchev–Trinajstić information content (AvgIpc) is 2.22. The van der Waals surface area contributed by atoms with Gasteiger partial charge >= 0.3 is 5.97 Å². The maximum Gasteiger partial charge on any atom is 0.310 e. The van der Waals surface area contributed by atoms with Gasteiger partial charge in [-0.1, -0.05) is 0 Å². The molecule has 0 aliphatic heterocycles. The van der Waals surface area contributed by atoms with E-state index in [1.165, 1.54) is 20.8 Å². The van der Waals surface area contributed by atoms with Crippen molar-refractivity contribution in [2.24, 2.45) is 0 Å². The van der Waals surface area contributed by atoms with E-state index in [1.54, 1.807) is 0 Å². The second-order valence-corrected chi connectivity index (χ2v) is 3.86. The van der Waals surface area contributed by atoms with Gasteiger partial charge in [-0.3, -0.25) is 14.9 Å². The highest BCUT2D eigenvalue weighted by molar-refractivity contribution is 5.76. The Labute approximate surface area is 97.0 Å². The number of nitro benzene ring substituents is 1. The summed E-state index contributed by atoms with van der Waals surface area (Å²) in [6.07, 6.45) is 0. The molecule has 0 heterocycles. The number of nitro groups is 1. The molecule has 5 nitrogen and oxygen atoms in total. The van der Waals surface area contributed by atoms with E-state index in [4.69, 9.17) is 5.11 Å². The van der Waals surface area contributed by atoms with Gasteiger partial charge in [0.1, 0.15) is 5.82 Å². The van der Waals surface area contributed by atoms with Crippen LogP contribution in [0.3, 0.4) is 0 Å². The molecular weight excluding hydrogens is 229 g/mol. The van der Waals surface area contributed by atoms with Gasteiger partial charge in [0.15, 0.2) is 0 Å². The quantitative estimate of drug-likeness (QED) is 0.651. The minimum absolute atomic E-state index is 0.000556. The highest BCUT2D eigenvalue weighted by Crippen LogP contribution is 2.31. The molecule has 0 aromatic heterocycles. The van der Waals surface area contributed by atoms with Gasteiger partial charge in [-0.2, -0.15) is 0 Å². The Bertz CT molecular complexity index is 499. The summed E-state index contributed by atoms with van der Waals surface area (Å²) in [5, 5.41) is 19.5. The molecule has 0 radical (unpaired) electrons. The van der Waals surface area contributed by atoms with E-state index in [1.807, 2.05) is 0 Å². The Kier molecular flexibility index (Phi) is 3.45. The van der Waals surface area contributed by atoms with Crippen LogP contribution < -0.4 is 0 Å². The molecule has 1 aromatic carbocycles. The maximum atomic E-state index is 13.7. The molecular formula is C11H12FNO4. The summed E-state index contributed by atoms with van der Waals surface area (Å²) in [5.41, 5.74) is 0.271. The lowest BCUT2D eigenvalue weighted by Gasteiger charge is -2.13. The molecule has 0 bridgehead atoms. The van der Waals surface area contributed by atoms with Gasteiger partial charge in [-0.05, 0) is 26.3 Å². The fourth-order valence-electron chi connectivity index (χ4n) is 1.72. The number of carboxylic acids is 1. The van der Waals surface area contributed by atoms with E-state index in [2.05, 4.69) is 0 Å². The summed E-state index contributed by atoms with van der Waals surface area (Å²) < 4.78 is 13.7. The summed E-state index contributed by atoms with van der Waals surface area (Å²) in [6, 6.07) is 0.775. The van der Waals surface area contributed by atoms with Crippen molar-refractivity contribution < 1.29 is 19.2 Å². The molecule has 1 N–H and O–H groups in total. The largest absolute Gasteiger partial charge is 0.481 e. The predicted molar refractivity (Wildman–Crippen MR) is 58.6 cm³/mol. The molecule has 1 unspecified atom stereocenters. The second-order valence-electron chi connectivity index (χ2n) is 3.86. The van der Waals surface area contributed by atoms with E-state index in [0.717, 1.165) is 6.07 Å². The molecule has 92 valence electrons. The molecule has 1 aromatic rings. The highest BCUT2D eigenvalue weighted by atomic mass is 19.1. The zero-order valence-corrected chi connectivity index (χ0v) is 9.65. The molecule has 0 aliphatic rings. The van der Waals surface area contributed by atoms with E-state index in [9.17, 15) is 19.3 Å². The third kappa shape index (κ3) is 2.25. The number of rotatable bonds is 3. The van der Waals surface area contributed by atoms with Crippen molar-refractivity contribution in [3.63, 3.8) is 0 Å². The topological polar surface area (TPSA) is 80.4 Å². The third-order valence-corrected chi connectivity index (χ3v) is 2.87. The number of carbonyl (C=O) groups is 1. The normalized spacial score (nSPS) is 12.2. The van der Waals surface area contributed by atoms with Crippen molar-refractivity contribution in [1.82, 2.24) is 0 Å². The molecule has 0 spiro atoms. The summed E-state index contributed by atoms with van der Waals surface area (Å²) in [5.74, 6) is -3.05. The molecule has 0 saturated heterocycles. The first-order chi connectivity index (χ1) is 7.77. The van der Waals surface area contributed by atoms with E-state index < -0.39 is 22.6 Å². The molecule has 1 rings (SSSR count). The minimum atomic E-state index is -1.17. The summed E-state index contributed by atoms with van der Waals surface area (Å²) in [6.45, 7) is 4.31. The van der Waals surface area contributed by atoms with Gasteiger partial charge in [0.2, 0.25) is 0 Å². The van der Waals surface area contributed by atoms with Gasteiger partial charge < -0.3 is 5.11 Å². The van der Waals surface area contributed by atoms with Crippen LogP contribution in [0.2, 0.25) is 0 Å². The van der Waals surface area contributed by atoms with Crippen LogP contribution in [0.25, 0.3) is 0 Å². The van der Waals surface area contributed by atoms with Crippen LogP contribution in [-0.4, -0.2) is 16.0 Å². The Morgan fingerprint density at radius 2 is 2.00 bits per heavy atom. The number of hydrogen-bond acceptors (Lipinski definition) is 3. The number of halogens is 1. The van der Waals surface area contributed by atoms with Crippen molar-refractivity contribution in [2.45, 2.75) is 26.7 Å². The van der Waals surface area contributed by atoms with E-state index in [0.29, 0.717) is 11.1 Å². The van der Waals surface area contributed by atoms with Gasteiger partial charge in [-0.25, -0.2) is 4.39 Å². The van der Waals surface area contributed by atoms with Gasteiger partial charge in [0.25, 0.3) is 5.69 Å². The fraction of sp³-hybridized carbons (Fsp3) is 0.364. The second kappa shape index (κ2) is 4.48. The molecule has 0 fully saturated rings. The number of hydrogen-bond donors (Lipinski definition) is 1. The molecule has 1 atom stereocenters. The smallest absolute Gasteiger partial charge is 0.310 e. The lowest BCUT2D eigenvalue weighted by molar-refractivity contribution is -0.385. The SMILES string of the molecule is Cc1c([N+](=O)[O-])cc(F)c(C(C)C(=O)O)c1C. The average molecular weight is 241 g/mol. The first-order valence-electron chi connectivity index (χ1n) is 4.94. The van der Waals surface area contributed by atoms with Crippen LogP contribution in [0.5, 0.6) is 0 Å². The molecule has 0 saturated carbocycles. The first-order valence-corrected chi connectivity index (χ1v) is 4.94.